The van der Waals surface area contributed by atoms with Gasteiger partial charge < -0.3 is 14.7 Å². The van der Waals surface area contributed by atoms with E-state index in [1.807, 2.05) is 23.1 Å². The van der Waals surface area contributed by atoms with Gasteiger partial charge in [0.05, 0.1) is 6.61 Å². The highest BCUT2D eigenvalue weighted by molar-refractivity contribution is 5.80. The third-order valence-corrected chi connectivity index (χ3v) is 3.66. The van der Waals surface area contributed by atoms with Crippen LogP contribution in [0.25, 0.3) is 0 Å². The van der Waals surface area contributed by atoms with Crippen molar-refractivity contribution in [3.05, 3.63) is 29.8 Å². The average Bonchev–Trinajstić information content (AvgIpc) is 2.75. The molecular weight excluding hydrogens is 254 g/mol. The maximum atomic E-state index is 12.4. The van der Waals surface area contributed by atoms with Gasteiger partial charge in [0, 0.05) is 13.1 Å². The maximum absolute atomic E-state index is 12.4. The van der Waals surface area contributed by atoms with Gasteiger partial charge in [0.25, 0.3) is 5.91 Å². The van der Waals surface area contributed by atoms with E-state index < -0.39 is 6.10 Å². The van der Waals surface area contributed by atoms with Crippen molar-refractivity contribution in [1.82, 2.24) is 4.90 Å². The first-order valence-electron chi connectivity index (χ1n) is 7.36. The van der Waals surface area contributed by atoms with Crippen molar-refractivity contribution in [2.24, 2.45) is 0 Å². The fraction of sp³-hybridized carbons (Fsp3) is 0.562. The van der Waals surface area contributed by atoms with Crippen LogP contribution in [0.3, 0.4) is 0 Å². The first-order chi connectivity index (χ1) is 9.70. The molecule has 1 aliphatic rings. The van der Waals surface area contributed by atoms with Crippen LogP contribution in [0.1, 0.15) is 38.2 Å². The molecule has 1 fully saturated rings. The number of ether oxygens (including phenoxy) is 1. The monoisotopic (exact) mass is 277 g/mol. The predicted molar refractivity (Wildman–Crippen MR) is 77.5 cm³/mol. The largest absolute Gasteiger partial charge is 0.481 e. The second-order valence-corrected chi connectivity index (χ2v) is 5.31. The Balaban J connectivity index is 1.95. The normalized spacial score (nSPS) is 17.4. The zero-order valence-electron chi connectivity index (χ0n) is 12.0. The molecule has 0 radical (unpaired) electrons. The summed E-state index contributed by atoms with van der Waals surface area (Å²) in [6, 6.07) is 7.23. The summed E-state index contributed by atoms with van der Waals surface area (Å²) in [7, 11) is 0. The van der Waals surface area contributed by atoms with E-state index >= 15 is 0 Å². The standard InChI is InChI=1S/C16H23NO3/c1-13(16(19)17-9-4-2-3-5-10-17)20-15-8-6-7-14(11-15)12-18/h6-8,11,13,18H,2-5,9-10,12H2,1H3. The third-order valence-electron chi connectivity index (χ3n) is 3.66. The van der Waals surface area contributed by atoms with Gasteiger partial charge in [-0.25, -0.2) is 0 Å². The lowest BCUT2D eigenvalue weighted by molar-refractivity contribution is -0.137. The van der Waals surface area contributed by atoms with Gasteiger partial charge in [-0.1, -0.05) is 25.0 Å². The Bertz CT molecular complexity index is 439. The van der Waals surface area contributed by atoms with Crippen LogP contribution in [0.5, 0.6) is 5.75 Å². The summed E-state index contributed by atoms with van der Waals surface area (Å²) < 4.78 is 5.71. The Morgan fingerprint density at radius 2 is 2.00 bits per heavy atom. The molecule has 2 rings (SSSR count). The summed E-state index contributed by atoms with van der Waals surface area (Å²) in [5.41, 5.74) is 0.789. The Labute approximate surface area is 120 Å². The molecule has 20 heavy (non-hydrogen) atoms. The molecule has 1 saturated heterocycles. The zero-order valence-corrected chi connectivity index (χ0v) is 12.0. The lowest BCUT2D eigenvalue weighted by Crippen LogP contribution is -2.41. The summed E-state index contributed by atoms with van der Waals surface area (Å²) in [6.07, 6.45) is 4.09. The van der Waals surface area contributed by atoms with Crippen molar-refractivity contribution in [2.45, 2.75) is 45.3 Å². The van der Waals surface area contributed by atoms with Crippen LogP contribution >= 0.6 is 0 Å². The Hall–Kier alpha value is -1.55. The molecule has 0 spiro atoms. The summed E-state index contributed by atoms with van der Waals surface area (Å²) in [5.74, 6) is 0.688. The molecule has 0 aliphatic carbocycles. The lowest BCUT2D eigenvalue weighted by Gasteiger charge is -2.24. The minimum atomic E-state index is -0.484. The number of benzene rings is 1. The minimum absolute atomic E-state index is 0.0222. The third kappa shape index (κ3) is 3.97. The molecule has 1 aromatic carbocycles. The highest BCUT2D eigenvalue weighted by Crippen LogP contribution is 2.17. The predicted octanol–water partition coefficient (Wildman–Crippen LogP) is 2.35. The van der Waals surface area contributed by atoms with Gasteiger partial charge in [-0.05, 0) is 37.5 Å². The maximum Gasteiger partial charge on any atom is 0.263 e. The van der Waals surface area contributed by atoms with Gasteiger partial charge in [0.2, 0.25) is 0 Å². The number of aliphatic hydroxyl groups is 1. The summed E-state index contributed by atoms with van der Waals surface area (Å²) in [4.78, 5) is 14.3. The molecule has 4 heteroatoms. The molecule has 1 atom stereocenters. The molecule has 4 nitrogen and oxygen atoms in total. The van der Waals surface area contributed by atoms with E-state index in [1.54, 1.807) is 13.0 Å². The van der Waals surface area contributed by atoms with E-state index in [-0.39, 0.29) is 12.5 Å². The van der Waals surface area contributed by atoms with Crippen LogP contribution in [0, 0.1) is 0 Å². The van der Waals surface area contributed by atoms with E-state index in [4.69, 9.17) is 9.84 Å². The van der Waals surface area contributed by atoms with E-state index in [0.717, 1.165) is 31.5 Å². The average molecular weight is 277 g/mol. The van der Waals surface area contributed by atoms with Crippen LogP contribution in [0.15, 0.2) is 24.3 Å². The molecule has 1 N–H and O–H groups in total. The molecule has 0 saturated carbocycles. The molecule has 1 amide bonds. The van der Waals surface area contributed by atoms with E-state index in [9.17, 15) is 4.79 Å². The summed E-state index contributed by atoms with van der Waals surface area (Å²) >= 11 is 0. The number of carbonyl (C=O) groups excluding carboxylic acids is 1. The number of amides is 1. The molecular formula is C16H23NO3. The van der Waals surface area contributed by atoms with Crippen molar-refractivity contribution >= 4 is 5.91 Å². The smallest absolute Gasteiger partial charge is 0.263 e. The molecule has 1 aliphatic heterocycles. The zero-order chi connectivity index (χ0) is 14.4. The van der Waals surface area contributed by atoms with Gasteiger partial charge in [0.1, 0.15) is 5.75 Å². The number of carbonyl (C=O) groups is 1. The Morgan fingerprint density at radius 3 is 2.65 bits per heavy atom. The van der Waals surface area contributed by atoms with Gasteiger partial charge in [0.15, 0.2) is 6.10 Å². The quantitative estimate of drug-likeness (QED) is 0.919. The van der Waals surface area contributed by atoms with Gasteiger partial charge >= 0.3 is 0 Å². The van der Waals surface area contributed by atoms with Crippen molar-refractivity contribution in [3.63, 3.8) is 0 Å². The van der Waals surface area contributed by atoms with Crippen LogP contribution in [0.2, 0.25) is 0 Å². The minimum Gasteiger partial charge on any atom is -0.481 e. The van der Waals surface area contributed by atoms with Crippen LogP contribution < -0.4 is 4.74 Å². The van der Waals surface area contributed by atoms with Gasteiger partial charge in [-0.15, -0.1) is 0 Å². The van der Waals surface area contributed by atoms with E-state index in [2.05, 4.69) is 0 Å². The number of hydrogen-bond donors (Lipinski definition) is 1. The molecule has 1 unspecified atom stereocenters. The van der Waals surface area contributed by atoms with Crippen molar-refractivity contribution in [1.29, 1.82) is 0 Å². The fourth-order valence-corrected chi connectivity index (χ4v) is 2.52. The Kier molecular flexibility index (Phi) is 5.41. The number of hydrogen-bond acceptors (Lipinski definition) is 3. The van der Waals surface area contributed by atoms with Crippen LogP contribution in [0.4, 0.5) is 0 Å². The topological polar surface area (TPSA) is 49.8 Å². The van der Waals surface area contributed by atoms with Crippen molar-refractivity contribution in [3.8, 4) is 5.75 Å². The summed E-state index contributed by atoms with van der Waals surface area (Å²) in [6.45, 7) is 3.44. The van der Waals surface area contributed by atoms with Crippen molar-refractivity contribution in [2.75, 3.05) is 13.1 Å². The van der Waals surface area contributed by atoms with E-state index in [1.165, 1.54) is 12.8 Å². The molecule has 1 heterocycles. The lowest BCUT2D eigenvalue weighted by atomic mass is 10.2. The number of rotatable bonds is 4. The number of nitrogens with zero attached hydrogens (tertiary/aromatic N) is 1. The number of aliphatic hydroxyl groups excluding tert-OH is 1. The molecule has 0 aromatic heterocycles. The van der Waals surface area contributed by atoms with Gasteiger partial charge in [-0.3, -0.25) is 4.79 Å². The second-order valence-electron chi connectivity index (χ2n) is 5.31. The summed E-state index contributed by atoms with van der Waals surface area (Å²) in [5, 5.41) is 9.11. The molecule has 0 bridgehead atoms. The highest BCUT2D eigenvalue weighted by atomic mass is 16.5. The molecule has 110 valence electrons. The number of likely N-dealkylation sites (tertiary alicyclic amines) is 1. The molecule has 1 aromatic rings. The van der Waals surface area contributed by atoms with Crippen LogP contribution in [-0.2, 0) is 11.4 Å². The fourth-order valence-electron chi connectivity index (χ4n) is 2.52. The first-order valence-corrected chi connectivity index (χ1v) is 7.36. The van der Waals surface area contributed by atoms with Gasteiger partial charge in [-0.2, -0.15) is 0 Å². The SMILES string of the molecule is CC(Oc1cccc(CO)c1)C(=O)N1CCCCCC1. The second kappa shape index (κ2) is 7.29. The Morgan fingerprint density at radius 1 is 1.30 bits per heavy atom. The van der Waals surface area contributed by atoms with Crippen LogP contribution in [-0.4, -0.2) is 35.1 Å². The first kappa shape index (κ1) is 14.9. The highest BCUT2D eigenvalue weighted by Gasteiger charge is 2.22. The van der Waals surface area contributed by atoms with Crippen molar-refractivity contribution < 1.29 is 14.6 Å². The van der Waals surface area contributed by atoms with E-state index in [0.29, 0.717) is 5.75 Å².